The first-order valence-corrected chi connectivity index (χ1v) is 11.1. The largest absolute Gasteiger partial charge is 0.326 e. The number of benzene rings is 1. The quantitative estimate of drug-likeness (QED) is 0.575. The van der Waals surface area contributed by atoms with Gasteiger partial charge in [-0.3, -0.25) is 9.59 Å². The lowest BCUT2D eigenvalue weighted by atomic mass is 10.2. The number of thiophene rings is 1. The van der Waals surface area contributed by atoms with Crippen LogP contribution in [0.4, 0.5) is 5.13 Å². The third kappa shape index (κ3) is 3.93. The van der Waals surface area contributed by atoms with E-state index in [0.717, 1.165) is 12.0 Å². The van der Waals surface area contributed by atoms with Gasteiger partial charge in [-0.05, 0) is 42.5 Å². The van der Waals surface area contributed by atoms with Gasteiger partial charge in [-0.15, -0.1) is 22.7 Å². The highest BCUT2D eigenvalue weighted by atomic mass is 35.5. The Morgan fingerprint density at radius 2 is 2.07 bits per heavy atom. The molecule has 4 rings (SSSR count). The van der Waals surface area contributed by atoms with Gasteiger partial charge in [0, 0.05) is 22.5 Å². The lowest BCUT2D eigenvalue weighted by molar-refractivity contribution is -0.119. The predicted molar refractivity (Wildman–Crippen MR) is 115 cm³/mol. The Bertz CT molecular complexity index is 1020. The first-order valence-electron chi connectivity index (χ1n) is 8.59. The summed E-state index contributed by atoms with van der Waals surface area (Å²) in [7, 11) is 0. The van der Waals surface area contributed by atoms with Crippen molar-refractivity contribution in [3.05, 3.63) is 56.0 Å². The van der Waals surface area contributed by atoms with Gasteiger partial charge >= 0.3 is 0 Å². The van der Waals surface area contributed by atoms with E-state index in [2.05, 4.69) is 10.3 Å². The van der Waals surface area contributed by atoms with Crippen molar-refractivity contribution in [3.63, 3.8) is 0 Å². The molecule has 1 aliphatic heterocycles. The number of nitrogens with zero attached hydrogens (tertiary/aromatic N) is 2. The van der Waals surface area contributed by atoms with Crippen LogP contribution in [0.3, 0.4) is 0 Å². The molecule has 5 nitrogen and oxygen atoms in total. The minimum atomic E-state index is -0.485. The molecule has 0 radical (unpaired) electrons. The molecular formula is C19H15Cl2N3O2S2. The molecule has 1 fully saturated rings. The third-order valence-electron chi connectivity index (χ3n) is 4.49. The fourth-order valence-corrected chi connectivity index (χ4v) is 5.06. The molecule has 2 aromatic heterocycles. The van der Waals surface area contributed by atoms with Gasteiger partial charge < -0.3 is 10.2 Å². The van der Waals surface area contributed by atoms with Crippen LogP contribution in [0.1, 0.15) is 22.5 Å². The molecule has 0 spiro atoms. The second kappa shape index (κ2) is 8.21. The van der Waals surface area contributed by atoms with Crippen LogP contribution in [0.5, 0.6) is 0 Å². The Morgan fingerprint density at radius 3 is 2.82 bits per heavy atom. The Morgan fingerprint density at radius 1 is 1.21 bits per heavy atom. The summed E-state index contributed by atoms with van der Waals surface area (Å²) >= 11 is 14.9. The van der Waals surface area contributed by atoms with E-state index in [1.807, 2.05) is 16.8 Å². The molecule has 144 valence electrons. The molecular weight excluding hydrogens is 437 g/mol. The van der Waals surface area contributed by atoms with Crippen LogP contribution in [-0.2, 0) is 4.79 Å². The summed E-state index contributed by atoms with van der Waals surface area (Å²) in [6.07, 6.45) is 1.45. The highest BCUT2D eigenvalue weighted by Crippen LogP contribution is 2.32. The number of carbonyl (C=O) groups excluding carboxylic acids is 2. The Balaban J connectivity index is 1.48. The van der Waals surface area contributed by atoms with Crippen molar-refractivity contribution in [3.8, 4) is 11.3 Å². The van der Waals surface area contributed by atoms with Gasteiger partial charge in [-0.1, -0.05) is 29.3 Å². The second-order valence-corrected chi connectivity index (χ2v) is 8.93. The van der Waals surface area contributed by atoms with Gasteiger partial charge in [0.25, 0.3) is 5.91 Å². The van der Waals surface area contributed by atoms with Crippen LogP contribution in [-0.4, -0.2) is 34.3 Å². The summed E-state index contributed by atoms with van der Waals surface area (Å²) < 4.78 is 0. The van der Waals surface area contributed by atoms with Gasteiger partial charge in [0.15, 0.2) is 5.13 Å². The van der Waals surface area contributed by atoms with Gasteiger partial charge in [0.2, 0.25) is 5.91 Å². The number of nitrogens with one attached hydrogen (secondary N) is 1. The Hall–Kier alpha value is -1.93. The number of hydrogen-bond acceptors (Lipinski definition) is 5. The smallest absolute Gasteiger partial charge is 0.264 e. The average molecular weight is 452 g/mol. The van der Waals surface area contributed by atoms with Crippen LogP contribution in [0.2, 0.25) is 10.0 Å². The number of amides is 2. The molecule has 1 aliphatic rings. The number of thiazole rings is 1. The molecule has 2 amide bonds. The Kier molecular flexibility index (Phi) is 5.68. The fourth-order valence-electron chi connectivity index (χ4n) is 3.16. The second-order valence-electron chi connectivity index (χ2n) is 6.29. The summed E-state index contributed by atoms with van der Waals surface area (Å²) in [6, 6.07) is 8.33. The molecule has 1 N–H and O–H groups in total. The molecule has 0 aliphatic carbocycles. The van der Waals surface area contributed by atoms with Crippen molar-refractivity contribution in [1.82, 2.24) is 9.88 Å². The minimum absolute atomic E-state index is 0.0968. The van der Waals surface area contributed by atoms with Crippen LogP contribution >= 0.6 is 45.9 Å². The number of halogens is 2. The van der Waals surface area contributed by atoms with E-state index in [-0.39, 0.29) is 11.8 Å². The van der Waals surface area contributed by atoms with E-state index >= 15 is 0 Å². The summed E-state index contributed by atoms with van der Waals surface area (Å²) in [4.78, 5) is 32.2. The zero-order valence-corrected chi connectivity index (χ0v) is 17.7. The molecule has 1 saturated heterocycles. The highest BCUT2D eigenvalue weighted by molar-refractivity contribution is 7.14. The topological polar surface area (TPSA) is 62.3 Å². The molecule has 9 heteroatoms. The third-order valence-corrected chi connectivity index (χ3v) is 6.65. The maximum atomic E-state index is 12.8. The molecule has 3 aromatic rings. The van der Waals surface area contributed by atoms with Crippen molar-refractivity contribution in [2.45, 2.75) is 18.9 Å². The molecule has 28 heavy (non-hydrogen) atoms. The van der Waals surface area contributed by atoms with Gasteiger partial charge in [0.05, 0.1) is 15.6 Å². The summed E-state index contributed by atoms with van der Waals surface area (Å²) in [5.41, 5.74) is 1.41. The van der Waals surface area contributed by atoms with Crippen molar-refractivity contribution in [2.24, 2.45) is 0 Å². The summed E-state index contributed by atoms with van der Waals surface area (Å²) in [5.74, 6) is -0.314. The maximum Gasteiger partial charge on any atom is 0.264 e. The number of aromatic nitrogens is 1. The molecule has 1 aromatic carbocycles. The standard InChI is InChI=1S/C19H15Cl2N3O2S2/c20-11-5-6-12(13(21)9-11)14-10-28-19(22-14)23-17(25)15-3-1-7-24(15)18(26)16-4-2-8-27-16/h2,4-6,8-10,15H,1,3,7H2,(H,22,23,25). The van der Waals surface area contributed by atoms with E-state index in [1.165, 1.54) is 22.7 Å². The first kappa shape index (κ1) is 19.4. The van der Waals surface area contributed by atoms with Crippen LogP contribution < -0.4 is 5.32 Å². The number of rotatable bonds is 4. The molecule has 1 atom stereocenters. The van der Waals surface area contributed by atoms with Crippen molar-refractivity contribution in [2.75, 3.05) is 11.9 Å². The van der Waals surface area contributed by atoms with Gasteiger partial charge in [0.1, 0.15) is 6.04 Å². The Labute approximate surface area is 179 Å². The van der Waals surface area contributed by atoms with Crippen molar-refractivity contribution >= 4 is 62.8 Å². The van der Waals surface area contributed by atoms with Crippen LogP contribution in [0, 0.1) is 0 Å². The van der Waals surface area contributed by atoms with E-state index < -0.39 is 6.04 Å². The minimum Gasteiger partial charge on any atom is -0.326 e. The fraction of sp³-hybridized carbons (Fsp3) is 0.211. The lowest BCUT2D eigenvalue weighted by Crippen LogP contribution is -2.42. The monoisotopic (exact) mass is 451 g/mol. The van der Waals surface area contributed by atoms with Crippen molar-refractivity contribution in [1.29, 1.82) is 0 Å². The van der Waals surface area contributed by atoms with E-state index in [4.69, 9.17) is 23.2 Å². The predicted octanol–water partition coefficient (Wildman–Crippen LogP) is 5.42. The van der Waals surface area contributed by atoms with Crippen LogP contribution in [0.15, 0.2) is 41.1 Å². The SMILES string of the molecule is O=C(Nc1nc(-c2ccc(Cl)cc2Cl)cs1)C1CCCN1C(=O)c1cccs1. The maximum absolute atomic E-state index is 12.8. The first-order chi connectivity index (χ1) is 13.5. The molecule has 1 unspecified atom stereocenters. The number of carbonyl (C=O) groups is 2. The summed E-state index contributed by atoms with van der Waals surface area (Å²) in [6.45, 7) is 0.582. The number of likely N-dealkylation sites (tertiary alicyclic amines) is 1. The van der Waals surface area contributed by atoms with E-state index in [0.29, 0.717) is 38.7 Å². The normalized spacial score (nSPS) is 16.4. The molecule has 0 bridgehead atoms. The van der Waals surface area contributed by atoms with E-state index in [1.54, 1.807) is 29.2 Å². The number of hydrogen-bond donors (Lipinski definition) is 1. The molecule has 3 heterocycles. The summed E-state index contributed by atoms with van der Waals surface area (Å²) in [5, 5.41) is 8.05. The zero-order chi connectivity index (χ0) is 19.7. The van der Waals surface area contributed by atoms with Crippen LogP contribution in [0.25, 0.3) is 11.3 Å². The lowest BCUT2D eigenvalue weighted by Gasteiger charge is -2.22. The number of anilines is 1. The van der Waals surface area contributed by atoms with E-state index in [9.17, 15) is 9.59 Å². The van der Waals surface area contributed by atoms with Crippen molar-refractivity contribution < 1.29 is 9.59 Å². The average Bonchev–Trinajstić information content (AvgIpc) is 3.42. The van der Waals surface area contributed by atoms with Gasteiger partial charge in [-0.25, -0.2) is 4.98 Å². The van der Waals surface area contributed by atoms with Gasteiger partial charge in [-0.2, -0.15) is 0 Å². The highest BCUT2D eigenvalue weighted by Gasteiger charge is 2.35. The zero-order valence-electron chi connectivity index (χ0n) is 14.5. The molecule has 0 saturated carbocycles.